The van der Waals surface area contributed by atoms with Crippen molar-refractivity contribution in [1.82, 2.24) is 10.2 Å². The van der Waals surface area contributed by atoms with E-state index in [-0.39, 0.29) is 12.0 Å². The van der Waals surface area contributed by atoms with Crippen LogP contribution in [0.1, 0.15) is 51.9 Å². The number of amides is 1. The molecule has 0 radical (unpaired) electrons. The van der Waals surface area contributed by atoms with Crippen LogP contribution in [0, 0.1) is 0 Å². The van der Waals surface area contributed by atoms with Crippen molar-refractivity contribution in [2.45, 2.75) is 76.1 Å². The highest BCUT2D eigenvalue weighted by atomic mass is 16.5. The molecule has 3 rings (SSSR count). The Morgan fingerprint density at radius 1 is 1.21 bits per heavy atom. The minimum atomic E-state index is -0.166. The standard InChI is InChI=1S/C15H26N2O2/c1-2-17(15(18)14-5-3-4-8-19-14)13-9-11-6-7-12(10-13)16-11/h11-14,16H,2-10H2,1H3. The number of likely N-dealkylation sites (N-methyl/N-ethyl adjacent to an activating group) is 1. The van der Waals surface area contributed by atoms with Crippen molar-refractivity contribution in [1.29, 1.82) is 0 Å². The van der Waals surface area contributed by atoms with Gasteiger partial charge in [0.15, 0.2) is 0 Å². The minimum Gasteiger partial charge on any atom is -0.368 e. The summed E-state index contributed by atoms with van der Waals surface area (Å²) in [6.07, 6.45) is 7.80. The zero-order valence-corrected chi connectivity index (χ0v) is 11.9. The van der Waals surface area contributed by atoms with E-state index in [1.807, 2.05) is 0 Å². The van der Waals surface area contributed by atoms with Crippen LogP contribution in [0.3, 0.4) is 0 Å². The summed E-state index contributed by atoms with van der Waals surface area (Å²) >= 11 is 0. The van der Waals surface area contributed by atoms with Crippen LogP contribution in [-0.4, -0.2) is 48.2 Å². The van der Waals surface area contributed by atoms with Crippen molar-refractivity contribution < 1.29 is 9.53 Å². The molecule has 0 spiro atoms. The van der Waals surface area contributed by atoms with Gasteiger partial charge < -0.3 is 15.0 Å². The highest BCUT2D eigenvalue weighted by molar-refractivity contribution is 5.81. The molecule has 3 saturated heterocycles. The van der Waals surface area contributed by atoms with Gasteiger partial charge in [-0.3, -0.25) is 4.79 Å². The topological polar surface area (TPSA) is 41.6 Å². The second-order valence-electron chi connectivity index (χ2n) is 6.24. The number of hydrogen-bond acceptors (Lipinski definition) is 3. The summed E-state index contributed by atoms with van der Waals surface area (Å²) in [6, 6.07) is 1.71. The van der Waals surface area contributed by atoms with E-state index in [1.165, 1.54) is 12.8 Å². The number of nitrogens with one attached hydrogen (secondary N) is 1. The minimum absolute atomic E-state index is 0.166. The van der Waals surface area contributed by atoms with E-state index in [0.717, 1.165) is 45.3 Å². The molecule has 2 bridgehead atoms. The van der Waals surface area contributed by atoms with Crippen LogP contribution in [-0.2, 0) is 9.53 Å². The maximum Gasteiger partial charge on any atom is 0.251 e. The van der Waals surface area contributed by atoms with E-state index in [9.17, 15) is 4.79 Å². The third kappa shape index (κ3) is 2.79. The first-order valence-electron chi connectivity index (χ1n) is 7.96. The summed E-state index contributed by atoms with van der Waals surface area (Å²) in [5, 5.41) is 3.65. The molecule has 0 saturated carbocycles. The van der Waals surface area contributed by atoms with Gasteiger partial charge in [0, 0.05) is 31.3 Å². The number of hydrogen-bond donors (Lipinski definition) is 1. The fourth-order valence-corrected chi connectivity index (χ4v) is 4.00. The molecule has 108 valence electrons. The summed E-state index contributed by atoms with van der Waals surface area (Å²) in [7, 11) is 0. The smallest absolute Gasteiger partial charge is 0.251 e. The van der Waals surface area contributed by atoms with Crippen LogP contribution in [0.2, 0.25) is 0 Å². The summed E-state index contributed by atoms with van der Waals surface area (Å²) in [5.74, 6) is 0.244. The molecule has 3 aliphatic rings. The highest BCUT2D eigenvalue weighted by Crippen LogP contribution is 2.30. The van der Waals surface area contributed by atoms with E-state index in [4.69, 9.17) is 4.74 Å². The van der Waals surface area contributed by atoms with E-state index in [0.29, 0.717) is 18.1 Å². The number of piperidine rings is 1. The molecule has 19 heavy (non-hydrogen) atoms. The molecule has 3 unspecified atom stereocenters. The molecule has 1 amide bonds. The Hall–Kier alpha value is -0.610. The normalized spacial score (nSPS) is 38.2. The van der Waals surface area contributed by atoms with Gasteiger partial charge in [-0.05, 0) is 51.9 Å². The van der Waals surface area contributed by atoms with Crippen LogP contribution in [0.4, 0.5) is 0 Å². The maximum absolute atomic E-state index is 12.6. The average Bonchev–Trinajstić information content (AvgIpc) is 2.79. The third-order valence-electron chi connectivity index (χ3n) is 4.97. The molecule has 3 heterocycles. The van der Waals surface area contributed by atoms with Gasteiger partial charge in [0.05, 0.1) is 0 Å². The highest BCUT2D eigenvalue weighted by Gasteiger charge is 2.38. The number of nitrogens with zero attached hydrogens (tertiary/aromatic N) is 1. The van der Waals surface area contributed by atoms with E-state index in [1.54, 1.807) is 0 Å². The Labute approximate surface area is 115 Å². The van der Waals surface area contributed by atoms with E-state index < -0.39 is 0 Å². The lowest BCUT2D eigenvalue weighted by Gasteiger charge is -2.39. The molecule has 4 nitrogen and oxygen atoms in total. The van der Waals surface area contributed by atoms with Gasteiger partial charge in [-0.15, -0.1) is 0 Å². The summed E-state index contributed by atoms with van der Waals surface area (Å²) < 4.78 is 5.68. The fourth-order valence-electron chi connectivity index (χ4n) is 4.00. The molecule has 3 fully saturated rings. The number of carbonyl (C=O) groups is 1. The number of fused-ring (bicyclic) bond motifs is 2. The van der Waals surface area contributed by atoms with Crippen molar-refractivity contribution in [2.75, 3.05) is 13.2 Å². The quantitative estimate of drug-likeness (QED) is 0.845. The zero-order valence-electron chi connectivity index (χ0n) is 11.9. The summed E-state index contributed by atoms with van der Waals surface area (Å²) in [6.45, 7) is 3.68. The molecule has 0 aromatic rings. The maximum atomic E-state index is 12.6. The van der Waals surface area contributed by atoms with Gasteiger partial charge in [-0.1, -0.05) is 0 Å². The van der Waals surface area contributed by atoms with Gasteiger partial charge in [0.25, 0.3) is 5.91 Å². The average molecular weight is 266 g/mol. The van der Waals surface area contributed by atoms with Crippen LogP contribution in [0.5, 0.6) is 0 Å². The van der Waals surface area contributed by atoms with Crippen LogP contribution in [0.15, 0.2) is 0 Å². The molecule has 0 aromatic carbocycles. The summed E-state index contributed by atoms with van der Waals surface area (Å²) in [4.78, 5) is 14.7. The monoisotopic (exact) mass is 266 g/mol. The molecule has 3 aliphatic heterocycles. The van der Waals surface area contributed by atoms with E-state index >= 15 is 0 Å². The van der Waals surface area contributed by atoms with Gasteiger partial charge in [-0.25, -0.2) is 0 Å². The lowest BCUT2D eigenvalue weighted by atomic mass is 9.97. The molecule has 0 aromatic heterocycles. The SMILES string of the molecule is CCN(C(=O)C1CCCCO1)C1CC2CCC(C1)N2. The Morgan fingerprint density at radius 3 is 2.53 bits per heavy atom. The fraction of sp³-hybridized carbons (Fsp3) is 0.933. The van der Waals surface area contributed by atoms with Crippen LogP contribution < -0.4 is 5.32 Å². The van der Waals surface area contributed by atoms with Gasteiger partial charge in [0.2, 0.25) is 0 Å². The number of carbonyl (C=O) groups excluding carboxylic acids is 1. The molecule has 4 heteroatoms. The first-order chi connectivity index (χ1) is 9.28. The first kappa shape index (κ1) is 13.4. The third-order valence-corrected chi connectivity index (χ3v) is 4.97. The van der Waals surface area contributed by atoms with Crippen molar-refractivity contribution in [3.05, 3.63) is 0 Å². The first-order valence-corrected chi connectivity index (χ1v) is 7.96. The molecular formula is C15H26N2O2. The predicted octanol–water partition coefficient (Wildman–Crippen LogP) is 1.69. The molecule has 0 aliphatic carbocycles. The summed E-state index contributed by atoms with van der Waals surface area (Å²) in [5.41, 5.74) is 0. The Bertz CT molecular complexity index is 316. The van der Waals surface area contributed by atoms with Crippen molar-refractivity contribution in [2.24, 2.45) is 0 Å². The Kier molecular flexibility index (Phi) is 4.08. The van der Waals surface area contributed by atoms with Crippen molar-refractivity contribution in [3.8, 4) is 0 Å². The largest absolute Gasteiger partial charge is 0.368 e. The Balaban J connectivity index is 1.64. The lowest BCUT2D eigenvalue weighted by molar-refractivity contribution is -0.149. The van der Waals surface area contributed by atoms with Crippen molar-refractivity contribution in [3.63, 3.8) is 0 Å². The molecule has 3 atom stereocenters. The van der Waals surface area contributed by atoms with Gasteiger partial charge in [0.1, 0.15) is 6.10 Å². The number of ether oxygens (including phenoxy) is 1. The van der Waals surface area contributed by atoms with E-state index in [2.05, 4.69) is 17.1 Å². The van der Waals surface area contributed by atoms with Crippen molar-refractivity contribution >= 4 is 5.91 Å². The predicted molar refractivity (Wildman–Crippen MR) is 73.9 cm³/mol. The van der Waals surface area contributed by atoms with Crippen LogP contribution >= 0.6 is 0 Å². The number of rotatable bonds is 3. The second-order valence-corrected chi connectivity index (χ2v) is 6.24. The molecule has 1 N–H and O–H groups in total. The zero-order chi connectivity index (χ0) is 13.2. The molecular weight excluding hydrogens is 240 g/mol. The van der Waals surface area contributed by atoms with Gasteiger partial charge >= 0.3 is 0 Å². The second kappa shape index (κ2) is 5.80. The Morgan fingerprint density at radius 2 is 1.95 bits per heavy atom. The lowest BCUT2D eigenvalue weighted by Crippen LogP contribution is -2.53. The van der Waals surface area contributed by atoms with Crippen LogP contribution in [0.25, 0.3) is 0 Å². The van der Waals surface area contributed by atoms with Gasteiger partial charge in [-0.2, -0.15) is 0 Å².